The Labute approximate surface area is 182 Å². The number of pyridine rings is 1. The van der Waals surface area contributed by atoms with Gasteiger partial charge < -0.3 is 15.0 Å². The van der Waals surface area contributed by atoms with E-state index in [2.05, 4.69) is 20.6 Å². The van der Waals surface area contributed by atoms with Crippen LogP contribution in [0.2, 0.25) is 0 Å². The molecule has 0 bridgehead atoms. The second-order valence-electron chi connectivity index (χ2n) is 8.14. The summed E-state index contributed by atoms with van der Waals surface area (Å²) in [6.07, 6.45) is 0.853. The number of methoxy groups -OCH3 is 1. The van der Waals surface area contributed by atoms with Crippen LogP contribution in [0.5, 0.6) is 0 Å². The average Bonchev–Trinajstić information content (AvgIpc) is 3.10. The third-order valence-electron chi connectivity index (χ3n) is 5.91. The van der Waals surface area contributed by atoms with E-state index in [0.717, 1.165) is 24.3 Å². The van der Waals surface area contributed by atoms with E-state index in [9.17, 15) is 9.59 Å². The van der Waals surface area contributed by atoms with Crippen molar-refractivity contribution >= 4 is 23.3 Å². The molecule has 4 rings (SSSR count). The molecule has 2 N–H and O–H groups in total. The molecule has 1 aromatic heterocycles. The van der Waals surface area contributed by atoms with Gasteiger partial charge in [-0.2, -0.15) is 0 Å². The number of anilines is 2. The molecule has 2 saturated heterocycles. The number of nitrogens with one attached hydrogen (secondary N) is 2. The second kappa shape index (κ2) is 9.55. The van der Waals surface area contributed by atoms with E-state index < -0.39 is 0 Å². The number of hydrogen-bond donors (Lipinski definition) is 2. The lowest BCUT2D eigenvalue weighted by molar-refractivity contribution is -0.126. The summed E-state index contributed by atoms with van der Waals surface area (Å²) in [5, 5.41) is 4.55. The molecule has 8 nitrogen and oxygen atoms in total. The Morgan fingerprint density at radius 3 is 2.74 bits per heavy atom. The number of likely N-dealkylation sites (tertiary alicyclic amines) is 1. The van der Waals surface area contributed by atoms with E-state index in [-0.39, 0.29) is 29.7 Å². The fourth-order valence-electron chi connectivity index (χ4n) is 4.40. The van der Waals surface area contributed by atoms with Crippen LogP contribution in [0.3, 0.4) is 0 Å². The van der Waals surface area contributed by atoms with Gasteiger partial charge in [-0.1, -0.05) is 24.3 Å². The first kappa shape index (κ1) is 21.4. The largest absolute Gasteiger partial charge is 0.385 e. The minimum Gasteiger partial charge on any atom is -0.385 e. The number of fused-ring (bicyclic) bond motifs is 1. The summed E-state index contributed by atoms with van der Waals surface area (Å²) >= 11 is 0. The number of carbonyl (C=O) groups is 2. The van der Waals surface area contributed by atoms with Crippen molar-refractivity contribution in [2.75, 3.05) is 43.7 Å². The van der Waals surface area contributed by atoms with Crippen molar-refractivity contribution in [1.29, 1.82) is 0 Å². The van der Waals surface area contributed by atoms with Gasteiger partial charge in [0.1, 0.15) is 5.82 Å². The molecule has 2 amide bonds. The highest BCUT2D eigenvalue weighted by Gasteiger charge is 2.50. The molecule has 2 aliphatic rings. The van der Waals surface area contributed by atoms with Gasteiger partial charge in [0.05, 0.1) is 23.6 Å². The molecule has 2 fully saturated rings. The highest BCUT2D eigenvalue weighted by molar-refractivity contribution is 5.99. The Kier molecular flexibility index (Phi) is 6.60. The molecule has 0 radical (unpaired) electrons. The summed E-state index contributed by atoms with van der Waals surface area (Å²) in [7, 11) is 1.68. The van der Waals surface area contributed by atoms with E-state index in [0.29, 0.717) is 25.5 Å². The quantitative estimate of drug-likeness (QED) is 0.661. The van der Waals surface area contributed by atoms with Gasteiger partial charge >= 0.3 is 0 Å². The number of ether oxygens (including phenoxy) is 1. The first-order valence-electron chi connectivity index (χ1n) is 10.7. The van der Waals surface area contributed by atoms with Crippen LogP contribution < -0.4 is 15.8 Å². The number of hydrogen-bond acceptors (Lipinski definition) is 6. The highest BCUT2D eigenvalue weighted by atomic mass is 16.5. The average molecular weight is 424 g/mol. The van der Waals surface area contributed by atoms with Crippen molar-refractivity contribution in [3.8, 4) is 0 Å². The molecule has 0 spiro atoms. The van der Waals surface area contributed by atoms with Crippen LogP contribution in [0.4, 0.5) is 11.5 Å². The van der Waals surface area contributed by atoms with Crippen LogP contribution in [0.1, 0.15) is 12.1 Å². The Morgan fingerprint density at radius 2 is 2.00 bits per heavy atom. The number of aromatic nitrogens is 1. The molecule has 2 aliphatic heterocycles. The molecule has 2 aromatic rings. The predicted molar refractivity (Wildman–Crippen MR) is 118 cm³/mol. The molecule has 164 valence electrons. The number of amides is 2. The van der Waals surface area contributed by atoms with Gasteiger partial charge in [-0.25, -0.2) is 15.4 Å². The number of rotatable bonds is 7. The number of carbonyl (C=O) groups excluding carboxylic acids is 2. The maximum absolute atomic E-state index is 13.3. The highest BCUT2D eigenvalue weighted by Crippen LogP contribution is 2.32. The Balaban J connectivity index is 1.55. The lowest BCUT2D eigenvalue weighted by Crippen LogP contribution is -2.56. The second-order valence-corrected chi connectivity index (χ2v) is 8.14. The fraction of sp³-hybridized carbons (Fsp3) is 0.435. The summed E-state index contributed by atoms with van der Waals surface area (Å²) < 4.78 is 5.18. The first-order valence-corrected chi connectivity index (χ1v) is 10.7. The van der Waals surface area contributed by atoms with Crippen molar-refractivity contribution < 1.29 is 14.3 Å². The van der Waals surface area contributed by atoms with Gasteiger partial charge in [0, 0.05) is 39.0 Å². The van der Waals surface area contributed by atoms with Crippen molar-refractivity contribution in [3.05, 3.63) is 54.2 Å². The van der Waals surface area contributed by atoms with Crippen LogP contribution in [0.15, 0.2) is 48.5 Å². The molecule has 0 aliphatic carbocycles. The van der Waals surface area contributed by atoms with Crippen LogP contribution in [-0.4, -0.2) is 61.1 Å². The Hall–Kier alpha value is -2.81. The van der Waals surface area contributed by atoms with Crippen molar-refractivity contribution in [3.63, 3.8) is 0 Å². The number of para-hydroxylation sites is 1. The summed E-state index contributed by atoms with van der Waals surface area (Å²) in [5.41, 5.74) is 4.95. The van der Waals surface area contributed by atoms with Crippen molar-refractivity contribution in [2.45, 2.75) is 19.4 Å². The Bertz CT molecular complexity index is 922. The standard InChI is InChI=1S/C23H29N5O3/c1-16-8-6-11-20(24-16)25-22(29)18-14-27(12-7-13-31-2)15-19-21(18)26-28(23(19)30)17-9-4-3-5-10-17/h3-6,8-11,18-19,21,26H,7,12-15H2,1-2H3,(H,24,25,29). The van der Waals surface area contributed by atoms with E-state index in [1.165, 1.54) is 0 Å². The minimum atomic E-state index is -0.388. The molecule has 1 aromatic carbocycles. The number of benzene rings is 1. The van der Waals surface area contributed by atoms with Crippen molar-refractivity contribution in [1.82, 2.24) is 15.3 Å². The molecule has 3 unspecified atom stereocenters. The zero-order chi connectivity index (χ0) is 21.8. The summed E-state index contributed by atoms with van der Waals surface area (Å²) in [6, 6.07) is 14.8. The SMILES string of the molecule is COCCCN1CC(C(=O)Nc2cccc(C)n2)C2NN(c3ccccc3)C(=O)C2C1. The lowest BCUT2D eigenvalue weighted by Gasteiger charge is -2.38. The van der Waals surface area contributed by atoms with Crippen molar-refractivity contribution in [2.24, 2.45) is 11.8 Å². The monoisotopic (exact) mass is 423 g/mol. The molecular weight excluding hydrogens is 394 g/mol. The molecular formula is C23H29N5O3. The number of hydrazine groups is 1. The number of piperidine rings is 1. The van der Waals surface area contributed by atoms with Gasteiger partial charge in [-0.15, -0.1) is 0 Å². The first-order chi connectivity index (χ1) is 15.1. The van der Waals surface area contributed by atoms with Gasteiger partial charge in [0.25, 0.3) is 0 Å². The maximum atomic E-state index is 13.3. The number of aryl methyl sites for hydroxylation is 1. The third-order valence-corrected chi connectivity index (χ3v) is 5.91. The Morgan fingerprint density at radius 1 is 1.19 bits per heavy atom. The molecule has 3 atom stereocenters. The minimum absolute atomic E-state index is 0.000813. The lowest BCUT2D eigenvalue weighted by atomic mass is 9.84. The fourth-order valence-corrected chi connectivity index (χ4v) is 4.40. The molecule has 8 heteroatoms. The van der Waals surface area contributed by atoms with Crippen LogP contribution in [0, 0.1) is 18.8 Å². The van der Waals surface area contributed by atoms with Crippen LogP contribution in [-0.2, 0) is 14.3 Å². The zero-order valence-electron chi connectivity index (χ0n) is 18.0. The zero-order valence-corrected chi connectivity index (χ0v) is 18.0. The van der Waals surface area contributed by atoms with Gasteiger partial charge in [-0.3, -0.25) is 9.59 Å². The van der Waals surface area contributed by atoms with Crippen LogP contribution >= 0.6 is 0 Å². The van der Waals surface area contributed by atoms with Gasteiger partial charge in [0.15, 0.2) is 0 Å². The van der Waals surface area contributed by atoms with Gasteiger partial charge in [-0.05, 0) is 37.6 Å². The van der Waals surface area contributed by atoms with E-state index >= 15 is 0 Å². The van der Waals surface area contributed by atoms with E-state index in [1.807, 2.05) is 49.4 Å². The summed E-state index contributed by atoms with van der Waals surface area (Å²) in [6.45, 7) is 4.51. The summed E-state index contributed by atoms with van der Waals surface area (Å²) in [4.78, 5) is 33.1. The smallest absolute Gasteiger partial charge is 0.247 e. The van der Waals surface area contributed by atoms with Gasteiger partial charge in [0.2, 0.25) is 11.8 Å². The topological polar surface area (TPSA) is 86.8 Å². The molecule has 0 saturated carbocycles. The van der Waals surface area contributed by atoms with E-state index in [1.54, 1.807) is 18.2 Å². The third kappa shape index (κ3) is 4.76. The molecule has 31 heavy (non-hydrogen) atoms. The predicted octanol–water partition coefficient (Wildman–Crippen LogP) is 1.83. The summed E-state index contributed by atoms with van der Waals surface area (Å²) in [5.74, 6) is -0.278. The van der Waals surface area contributed by atoms with Crippen LogP contribution in [0.25, 0.3) is 0 Å². The molecule has 3 heterocycles. The number of nitrogens with zero attached hydrogens (tertiary/aromatic N) is 3. The van der Waals surface area contributed by atoms with E-state index in [4.69, 9.17) is 4.74 Å². The normalized spacial score (nSPS) is 23.6. The maximum Gasteiger partial charge on any atom is 0.247 e.